The summed E-state index contributed by atoms with van der Waals surface area (Å²) >= 11 is 0. The molecule has 2 N–H and O–H groups in total. The normalized spacial score (nSPS) is 11.4. The second-order valence-electron chi connectivity index (χ2n) is 3.41. The van der Waals surface area contributed by atoms with Crippen LogP contribution in [0.15, 0.2) is 29.9 Å². The Labute approximate surface area is 100 Å². The number of hydrogen-bond donors (Lipinski definition) is 2. The number of ketones is 1. The molecule has 5 nitrogen and oxygen atoms in total. The zero-order valence-electron chi connectivity index (χ0n) is 8.92. The highest BCUT2D eigenvalue weighted by Gasteiger charge is 2.24. The zero-order valence-corrected chi connectivity index (χ0v) is 9.74. The summed E-state index contributed by atoms with van der Waals surface area (Å²) in [5, 5.41) is 11.2. The molecule has 0 aromatic carbocycles. The predicted octanol–water partition coefficient (Wildman–Crippen LogP) is 2.20. The van der Waals surface area contributed by atoms with Gasteiger partial charge in [-0.2, -0.15) is 4.98 Å². The first-order valence-electron chi connectivity index (χ1n) is 5.04. The van der Waals surface area contributed by atoms with Crippen molar-refractivity contribution in [2.24, 2.45) is 0 Å². The van der Waals surface area contributed by atoms with Gasteiger partial charge in [-0.1, -0.05) is 0 Å². The Morgan fingerprint density at radius 1 is 1.41 bits per heavy atom. The molecule has 2 aromatic heterocycles. The van der Waals surface area contributed by atoms with E-state index < -0.39 is 16.4 Å². The number of nitrogens with zero attached hydrogens (tertiary/aromatic N) is 1. The Hall–Kier alpha value is -1.95. The molecule has 2 heterocycles. The minimum atomic E-state index is -0.956. The summed E-state index contributed by atoms with van der Waals surface area (Å²) in [4.78, 5) is 30.0. The Morgan fingerprint density at radius 3 is 2.88 bits per heavy atom. The summed E-state index contributed by atoms with van der Waals surface area (Å²) in [6, 6.07) is 3.54. The lowest BCUT2D eigenvalue weighted by Gasteiger charge is -1.92. The minimum Gasteiger partial charge on any atom is -0.481 e. The van der Waals surface area contributed by atoms with Gasteiger partial charge < -0.3 is 10.1 Å². The topological polar surface area (TPSA) is 83.0 Å². The largest absolute Gasteiger partial charge is 0.481 e. The molecule has 0 aliphatic rings. The van der Waals surface area contributed by atoms with Gasteiger partial charge in [0.15, 0.2) is 0 Å². The third-order valence-electron chi connectivity index (χ3n) is 2.22. The fourth-order valence-corrected chi connectivity index (χ4v) is 3.11. The maximum atomic E-state index is 11.8. The average molecular weight is 251 g/mol. The van der Waals surface area contributed by atoms with E-state index in [0.717, 1.165) is 5.16 Å². The molecule has 0 aliphatic carbocycles. The smallest absolute Gasteiger partial charge is 0.349 e. The van der Waals surface area contributed by atoms with E-state index in [1.165, 1.54) is 0 Å². The monoisotopic (exact) mass is 251 g/mol. The van der Waals surface area contributed by atoms with Crippen LogP contribution in [0, 0.1) is 0 Å². The number of carboxylic acids is 1. The molecule has 0 fully saturated rings. The molecule has 1 atom stereocenters. The van der Waals surface area contributed by atoms with Crippen LogP contribution < -0.4 is 0 Å². The van der Waals surface area contributed by atoms with E-state index in [0.29, 0.717) is 4.88 Å². The summed E-state index contributed by atoms with van der Waals surface area (Å²) < 4.78 is 0. The van der Waals surface area contributed by atoms with Crippen LogP contribution in [0.5, 0.6) is 0 Å². The standard InChI is InChI=1S/C11H10N2O3S/c14-8(3-4-10(15)16)9-2-1-7-17(9)11-12-5-6-13-11/h1-2,5-7H,3-4H2,(H-,12,13,15,16)/p+1. The van der Waals surface area contributed by atoms with Crippen LogP contribution in [0.2, 0.25) is 0 Å². The molecule has 17 heavy (non-hydrogen) atoms. The zero-order chi connectivity index (χ0) is 12.3. The average Bonchev–Trinajstić information content (AvgIpc) is 2.94. The van der Waals surface area contributed by atoms with Crippen molar-refractivity contribution in [3.05, 3.63) is 34.8 Å². The highest BCUT2D eigenvalue weighted by molar-refractivity contribution is 7.39. The van der Waals surface area contributed by atoms with Crippen molar-refractivity contribution in [1.82, 2.24) is 9.97 Å². The second-order valence-corrected chi connectivity index (χ2v) is 5.18. The van der Waals surface area contributed by atoms with Crippen LogP contribution in [-0.4, -0.2) is 26.8 Å². The lowest BCUT2D eigenvalue weighted by molar-refractivity contribution is -0.136. The lowest BCUT2D eigenvalue weighted by atomic mass is 10.2. The molecule has 6 heteroatoms. The summed E-state index contributed by atoms with van der Waals surface area (Å²) in [5.74, 6) is -1.08. The van der Waals surface area contributed by atoms with Gasteiger partial charge in [-0.25, -0.2) is 0 Å². The van der Waals surface area contributed by atoms with Gasteiger partial charge in [0.25, 0.3) is 0 Å². The van der Waals surface area contributed by atoms with E-state index >= 15 is 0 Å². The number of aromatic amines is 1. The van der Waals surface area contributed by atoms with Crippen molar-refractivity contribution in [3.8, 4) is 5.16 Å². The molecule has 0 saturated heterocycles. The van der Waals surface area contributed by atoms with E-state index in [-0.39, 0.29) is 18.6 Å². The summed E-state index contributed by atoms with van der Waals surface area (Å²) in [5.41, 5.74) is 0. The predicted molar refractivity (Wildman–Crippen MR) is 63.6 cm³/mol. The molecule has 0 amide bonds. The number of carboxylic acid groups (broad SMARTS) is 1. The molecule has 88 valence electrons. The molecule has 1 unspecified atom stereocenters. The van der Waals surface area contributed by atoms with Gasteiger partial charge in [0.1, 0.15) is 5.38 Å². The SMILES string of the molecule is O=C(O)CCC(=O)c1ccc[s+]1-c1ncc[nH]1. The molecule has 0 aliphatic heterocycles. The fourth-order valence-electron chi connectivity index (χ4n) is 1.45. The van der Waals surface area contributed by atoms with Gasteiger partial charge in [0.2, 0.25) is 10.7 Å². The first kappa shape index (κ1) is 11.5. The van der Waals surface area contributed by atoms with Crippen molar-refractivity contribution in [3.63, 3.8) is 0 Å². The van der Waals surface area contributed by atoms with Crippen molar-refractivity contribution in [2.45, 2.75) is 12.8 Å². The molecule has 0 spiro atoms. The number of aromatic nitrogens is 2. The van der Waals surface area contributed by atoms with Crippen LogP contribution in [0.1, 0.15) is 22.5 Å². The maximum absolute atomic E-state index is 11.8. The van der Waals surface area contributed by atoms with E-state index in [1.807, 2.05) is 5.38 Å². The van der Waals surface area contributed by atoms with E-state index in [2.05, 4.69) is 9.97 Å². The number of carbonyl (C=O) groups excluding carboxylic acids is 1. The first-order chi connectivity index (χ1) is 8.18. The molecular weight excluding hydrogens is 240 g/mol. The molecule has 0 saturated carbocycles. The van der Waals surface area contributed by atoms with Gasteiger partial charge in [-0.05, 0) is 6.07 Å². The summed E-state index contributed by atoms with van der Waals surface area (Å²) in [6.45, 7) is 0. The van der Waals surface area contributed by atoms with Gasteiger partial charge in [0.05, 0.1) is 23.1 Å². The quantitative estimate of drug-likeness (QED) is 0.630. The highest BCUT2D eigenvalue weighted by Crippen LogP contribution is 2.33. The van der Waals surface area contributed by atoms with E-state index in [9.17, 15) is 9.59 Å². The van der Waals surface area contributed by atoms with Gasteiger partial charge >= 0.3 is 11.1 Å². The van der Waals surface area contributed by atoms with Crippen molar-refractivity contribution in [1.29, 1.82) is 0 Å². The molecule has 2 rings (SSSR count). The van der Waals surface area contributed by atoms with Crippen LogP contribution in [0.4, 0.5) is 0 Å². The number of thiophene rings is 1. The molecule has 0 radical (unpaired) electrons. The van der Waals surface area contributed by atoms with Crippen molar-refractivity contribution >= 4 is 22.2 Å². The number of imidazole rings is 1. The summed E-state index contributed by atoms with van der Waals surface area (Å²) in [6.07, 6.45) is 3.24. The van der Waals surface area contributed by atoms with Crippen LogP contribution in [0.25, 0.3) is 5.16 Å². The van der Waals surface area contributed by atoms with E-state index in [1.54, 1.807) is 24.5 Å². The number of Topliss-reactive ketones (excluding diaryl/α,β-unsaturated/α-hetero) is 1. The molecule has 0 bridgehead atoms. The van der Waals surface area contributed by atoms with Crippen molar-refractivity contribution in [2.75, 3.05) is 0 Å². The van der Waals surface area contributed by atoms with Gasteiger partial charge in [0, 0.05) is 18.7 Å². The Balaban J connectivity index is 2.19. The molecule has 2 aromatic rings. The highest BCUT2D eigenvalue weighted by atomic mass is 32.2. The Morgan fingerprint density at radius 2 is 2.24 bits per heavy atom. The molecular formula is C11H11N2O3S+. The third-order valence-corrected chi connectivity index (χ3v) is 4.13. The number of carbonyl (C=O) groups is 2. The second kappa shape index (κ2) is 4.92. The van der Waals surface area contributed by atoms with Crippen LogP contribution >= 0.6 is 10.5 Å². The fraction of sp³-hybridized carbons (Fsp3) is 0.182. The van der Waals surface area contributed by atoms with Crippen LogP contribution in [0.3, 0.4) is 0 Å². The maximum Gasteiger partial charge on any atom is 0.349 e. The van der Waals surface area contributed by atoms with Crippen molar-refractivity contribution < 1.29 is 14.7 Å². The number of hydrogen-bond acceptors (Lipinski definition) is 3. The van der Waals surface area contributed by atoms with Crippen LogP contribution in [-0.2, 0) is 4.79 Å². The van der Waals surface area contributed by atoms with Gasteiger partial charge in [-0.15, -0.1) is 0 Å². The first-order valence-corrected chi connectivity index (χ1v) is 6.33. The Bertz CT molecular complexity index is 531. The minimum absolute atomic E-state index is 0.0348. The Kier molecular flexibility index (Phi) is 3.34. The van der Waals surface area contributed by atoms with E-state index in [4.69, 9.17) is 5.11 Å². The lowest BCUT2D eigenvalue weighted by Crippen LogP contribution is -2.02. The number of nitrogens with one attached hydrogen (secondary N) is 1. The number of H-pyrrole nitrogens is 1. The third kappa shape index (κ3) is 2.59. The number of aliphatic carboxylic acids is 1. The number of rotatable bonds is 5. The summed E-state index contributed by atoms with van der Waals surface area (Å²) in [7, 11) is -0.471. The van der Waals surface area contributed by atoms with Gasteiger partial charge in [-0.3, -0.25) is 9.59 Å².